The molecule has 110 valence electrons. The molecule has 0 bridgehead atoms. The van der Waals surface area contributed by atoms with E-state index in [1.807, 2.05) is 11.8 Å². The molecule has 0 unspecified atom stereocenters. The van der Waals surface area contributed by atoms with Crippen molar-refractivity contribution in [2.24, 2.45) is 5.92 Å². The predicted molar refractivity (Wildman–Crippen MR) is 73.8 cm³/mol. The molecule has 2 rings (SSSR count). The van der Waals surface area contributed by atoms with Gasteiger partial charge in [-0.1, -0.05) is 0 Å². The van der Waals surface area contributed by atoms with E-state index in [1.54, 1.807) is 6.07 Å². The first-order chi connectivity index (χ1) is 9.60. The molecule has 1 fully saturated rings. The number of anilines is 1. The standard InChI is InChI=1S/C14H19F2N3O/c1-2-17-14(20)18-8-10-5-6-19(9-10)11-3-4-12(15)13(16)7-11/h3-4,7,10H,2,5-6,8-9H2,1H3,(H2,17,18,20)/t10-/m1/s1. The average Bonchev–Trinajstić information content (AvgIpc) is 2.89. The number of urea groups is 1. The van der Waals surface area contributed by atoms with Crippen LogP contribution in [0, 0.1) is 17.6 Å². The normalized spacial score (nSPS) is 18.1. The Hall–Kier alpha value is -1.85. The summed E-state index contributed by atoms with van der Waals surface area (Å²) in [6, 6.07) is 3.77. The summed E-state index contributed by atoms with van der Waals surface area (Å²) in [4.78, 5) is 13.3. The molecule has 1 heterocycles. The first-order valence-corrected chi connectivity index (χ1v) is 6.82. The molecule has 1 aromatic rings. The summed E-state index contributed by atoms with van der Waals surface area (Å²) in [5.74, 6) is -1.33. The Morgan fingerprint density at radius 2 is 2.15 bits per heavy atom. The summed E-state index contributed by atoms with van der Waals surface area (Å²) >= 11 is 0. The largest absolute Gasteiger partial charge is 0.371 e. The lowest BCUT2D eigenvalue weighted by Crippen LogP contribution is -2.38. The highest BCUT2D eigenvalue weighted by molar-refractivity contribution is 5.73. The third kappa shape index (κ3) is 3.59. The van der Waals surface area contributed by atoms with E-state index in [2.05, 4.69) is 10.6 Å². The minimum atomic E-state index is -0.831. The molecule has 0 spiro atoms. The number of nitrogens with one attached hydrogen (secondary N) is 2. The van der Waals surface area contributed by atoms with Crippen LogP contribution in [0.15, 0.2) is 18.2 Å². The van der Waals surface area contributed by atoms with Crippen LogP contribution in [0.25, 0.3) is 0 Å². The molecule has 20 heavy (non-hydrogen) atoms. The summed E-state index contributed by atoms with van der Waals surface area (Å²) < 4.78 is 26.1. The second kappa shape index (κ2) is 6.54. The van der Waals surface area contributed by atoms with Crippen LogP contribution in [-0.4, -0.2) is 32.2 Å². The molecule has 2 N–H and O–H groups in total. The van der Waals surface area contributed by atoms with Crippen molar-refractivity contribution >= 4 is 11.7 Å². The van der Waals surface area contributed by atoms with Crippen LogP contribution in [0.4, 0.5) is 19.3 Å². The van der Waals surface area contributed by atoms with E-state index >= 15 is 0 Å². The Morgan fingerprint density at radius 1 is 1.35 bits per heavy atom. The van der Waals surface area contributed by atoms with E-state index in [9.17, 15) is 13.6 Å². The van der Waals surface area contributed by atoms with Gasteiger partial charge in [0.15, 0.2) is 11.6 Å². The number of carbonyl (C=O) groups is 1. The highest BCUT2D eigenvalue weighted by Gasteiger charge is 2.23. The third-order valence-corrected chi connectivity index (χ3v) is 3.44. The van der Waals surface area contributed by atoms with Crippen molar-refractivity contribution in [1.82, 2.24) is 10.6 Å². The second-order valence-corrected chi connectivity index (χ2v) is 4.94. The lowest BCUT2D eigenvalue weighted by atomic mass is 10.1. The van der Waals surface area contributed by atoms with Crippen LogP contribution in [0.3, 0.4) is 0 Å². The van der Waals surface area contributed by atoms with Gasteiger partial charge < -0.3 is 15.5 Å². The smallest absolute Gasteiger partial charge is 0.314 e. The minimum absolute atomic E-state index is 0.168. The molecule has 0 radical (unpaired) electrons. The first-order valence-electron chi connectivity index (χ1n) is 6.82. The number of benzene rings is 1. The summed E-state index contributed by atoms with van der Waals surface area (Å²) in [6.45, 7) is 4.56. The maximum absolute atomic E-state index is 13.2. The van der Waals surface area contributed by atoms with Gasteiger partial charge in [0, 0.05) is 37.9 Å². The van der Waals surface area contributed by atoms with Crippen molar-refractivity contribution < 1.29 is 13.6 Å². The maximum Gasteiger partial charge on any atom is 0.314 e. The van der Waals surface area contributed by atoms with Crippen molar-refractivity contribution in [3.8, 4) is 0 Å². The quantitative estimate of drug-likeness (QED) is 0.889. The van der Waals surface area contributed by atoms with Crippen LogP contribution in [-0.2, 0) is 0 Å². The number of halogens is 2. The Bertz CT molecular complexity index is 481. The van der Waals surface area contributed by atoms with E-state index in [1.165, 1.54) is 6.07 Å². The molecule has 0 saturated carbocycles. The van der Waals surface area contributed by atoms with E-state index in [-0.39, 0.29) is 6.03 Å². The van der Waals surface area contributed by atoms with Crippen molar-refractivity contribution in [3.63, 3.8) is 0 Å². The van der Waals surface area contributed by atoms with Gasteiger partial charge in [-0.05, 0) is 31.4 Å². The fourth-order valence-corrected chi connectivity index (χ4v) is 2.38. The summed E-state index contributed by atoms with van der Waals surface area (Å²) in [5, 5.41) is 5.48. The van der Waals surface area contributed by atoms with Gasteiger partial charge in [0.05, 0.1) is 0 Å². The second-order valence-electron chi connectivity index (χ2n) is 4.94. The summed E-state index contributed by atoms with van der Waals surface area (Å²) in [7, 11) is 0. The molecule has 1 aliphatic rings. The number of hydrogen-bond donors (Lipinski definition) is 2. The fourth-order valence-electron chi connectivity index (χ4n) is 2.38. The SMILES string of the molecule is CCNC(=O)NC[C@H]1CCN(c2ccc(F)c(F)c2)C1. The molecule has 4 nitrogen and oxygen atoms in total. The highest BCUT2D eigenvalue weighted by atomic mass is 19.2. The van der Waals surface area contributed by atoms with Gasteiger partial charge in [-0.3, -0.25) is 0 Å². The summed E-state index contributed by atoms with van der Waals surface area (Å²) in [5.41, 5.74) is 0.685. The molecular formula is C14H19F2N3O. The van der Waals surface area contributed by atoms with Crippen molar-refractivity contribution in [2.45, 2.75) is 13.3 Å². The van der Waals surface area contributed by atoms with Gasteiger partial charge in [0.2, 0.25) is 0 Å². The Balaban J connectivity index is 1.85. The number of amides is 2. The molecule has 0 aromatic heterocycles. The lowest BCUT2D eigenvalue weighted by Gasteiger charge is -2.19. The number of carbonyl (C=O) groups excluding carboxylic acids is 1. The monoisotopic (exact) mass is 283 g/mol. The highest BCUT2D eigenvalue weighted by Crippen LogP contribution is 2.24. The van der Waals surface area contributed by atoms with Gasteiger partial charge >= 0.3 is 6.03 Å². The van der Waals surface area contributed by atoms with Crippen LogP contribution in [0.2, 0.25) is 0 Å². The van der Waals surface area contributed by atoms with E-state index in [0.717, 1.165) is 25.6 Å². The van der Waals surface area contributed by atoms with Gasteiger partial charge in [-0.15, -0.1) is 0 Å². The molecule has 1 aliphatic heterocycles. The fraction of sp³-hybridized carbons (Fsp3) is 0.500. The molecule has 6 heteroatoms. The number of nitrogens with zero attached hydrogens (tertiary/aromatic N) is 1. The molecule has 2 amide bonds. The van der Waals surface area contributed by atoms with Crippen molar-refractivity contribution in [1.29, 1.82) is 0 Å². The number of hydrogen-bond acceptors (Lipinski definition) is 2. The van der Waals surface area contributed by atoms with Gasteiger partial charge in [0.1, 0.15) is 0 Å². The van der Waals surface area contributed by atoms with Crippen LogP contribution in [0.1, 0.15) is 13.3 Å². The molecule has 0 aliphatic carbocycles. The first kappa shape index (κ1) is 14.6. The molecule has 1 aromatic carbocycles. The summed E-state index contributed by atoms with van der Waals surface area (Å²) in [6.07, 6.45) is 0.922. The van der Waals surface area contributed by atoms with Crippen LogP contribution in [0.5, 0.6) is 0 Å². The maximum atomic E-state index is 13.2. The predicted octanol–water partition coefficient (Wildman–Crippen LogP) is 2.11. The van der Waals surface area contributed by atoms with Gasteiger partial charge in [-0.2, -0.15) is 0 Å². The Kier molecular flexibility index (Phi) is 4.76. The van der Waals surface area contributed by atoms with E-state index < -0.39 is 11.6 Å². The zero-order valence-corrected chi connectivity index (χ0v) is 11.5. The van der Waals surface area contributed by atoms with Gasteiger partial charge in [0.25, 0.3) is 0 Å². The zero-order valence-electron chi connectivity index (χ0n) is 11.5. The van der Waals surface area contributed by atoms with Crippen molar-refractivity contribution in [2.75, 3.05) is 31.1 Å². The number of rotatable bonds is 4. The molecular weight excluding hydrogens is 264 g/mol. The third-order valence-electron chi connectivity index (χ3n) is 3.44. The zero-order chi connectivity index (χ0) is 14.5. The van der Waals surface area contributed by atoms with E-state index in [4.69, 9.17) is 0 Å². The van der Waals surface area contributed by atoms with Gasteiger partial charge in [-0.25, -0.2) is 13.6 Å². The van der Waals surface area contributed by atoms with Crippen LogP contribution < -0.4 is 15.5 Å². The average molecular weight is 283 g/mol. The lowest BCUT2D eigenvalue weighted by molar-refractivity contribution is 0.240. The Morgan fingerprint density at radius 3 is 2.85 bits per heavy atom. The Labute approximate surface area is 117 Å². The van der Waals surface area contributed by atoms with E-state index in [0.29, 0.717) is 24.7 Å². The van der Waals surface area contributed by atoms with Crippen LogP contribution >= 0.6 is 0 Å². The van der Waals surface area contributed by atoms with Crippen molar-refractivity contribution in [3.05, 3.63) is 29.8 Å². The molecule has 1 saturated heterocycles. The minimum Gasteiger partial charge on any atom is -0.371 e. The topological polar surface area (TPSA) is 44.4 Å². The molecule has 1 atom stereocenters.